The van der Waals surface area contributed by atoms with Crippen LogP contribution in [0.25, 0.3) is 21.2 Å². The Morgan fingerprint density at radius 1 is 1.30 bits per heavy atom. The van der Waals surface area contributed by atoms with E-state index in [1.807, 2.05) is 18.2 Å². The van der Waals surface area contributed by atoms with Gasteiger partial charge in [-0.25, -0.2) is 9.78 Å². The number of ether oxygens (including phenoxy) is 1. The number of methoxy groups -OCH3 is 1. The highest BCUT2D eigenvalue weighted by Crippen LogP contribution is 2.27. The first-order valence-corrected chi connectivity index (χ1v) is 8.90. The standard InChI is InChI=1S/C19H14N2O5S/c1-10-15-17(27-16(10)19(24)25-2)20-9-21(18(15)23)8-12(22)14-7-11-5-3-4-6-13(11)26-14/h3-7,9H,8H2,1-2H3. The van der Waals surface area contributed by atoms with Crippen LogP contribution in [0.3, 0.4) is 0 Å². The fourth-order valence-electron chi connectivity index (χ4n) is 2.91. The van der Waals surface area contributed by atoms with Gasteiger partial charge in [0.1, 0.15) is 15.3 Å². The zero-order chi connectivity index (χ0) is 19.1. The van der Waals surface area contributed by atoms with E-state index in [2.05, 4.69) is 4.98 Å². The maximum atomic E-state index is 12.8. The van der Waals surface area contributed by atoms with Gasteiger partial charge in [-0.1, -0.05) is 18.2 Å². The van der Waals surface area contributed by atoms with Gasteiger partial charge in [-0.3, -0.25) is 14.2 Å². The predicted octanol–water partition coefficient (Wildman–Crippen LogP) is 3.18. The second-order valence-electron chi connectivity index (χ2n) is 5.98. The lowest BCUT2D eigenvalue weighted by atomic mass is 10.2. The maximum absolute atomic E-state index is 12.8. The minimum absolute atomic E-state index is 0.181. The number of carbonyl (C=O) groups excluding carboxylic acids is 2. The van der Waals surface area contributed by atoms with E-state index >= 15 is 0 Å². The number of ketones is 1. The number of furan rings is 1. The Hall–Kier alpha value is -3.26. The first-order chi connectivity index (χ1) is 13.0. The predicted molar refractivity (Wildman–Crippen MR) is 101 cm³/mol. The molecule has 3 aromatic heterocycles. The molecule has 7 nitrogen and oxygen atoms in total. The summed E-state index contributed by atoms with van der Waals surface area (Å²) in [5.41, 5.74) is 0.733. The summed E-state index contributed by atoms with van der Waals surface area (Å²) in [4.78, 5) is 42.2. The molecule has 0 bridgehead atoms. The number of hydrogen-bond donors (Lipinski definition) is 0. The zero-order valence-electron chi connectivity index (χ0n) is 14.5. The van der Waals surface area contributed by atoms with Crippen molar-refractivity contribution >= 4 is 44.3 Å². The lowest BCUT2D eigenvalue weighted by Crippen LogP contribution is -2.24. The fourth-order valence-corrected chi connectivity index (χ4v) is 3.97. The number of carbonyl (C=O) groups is 2. The number of Topliss-reactive ketones (excluding diaryl/α,β-unsaturated/α-hetero) is 1. The third kappa shape index (κ3) is 2.83. The zero-order valence-corrected chi connectivity index (χ0v) is 15.3. The number of aryl methyl sites for hydroxylation is 1. The smallest absolute Gasteiger partial charge is 0.348 e. The third-order valence-corrected chi connectivity index (χ3v) is 5.48. The molecule has 0 unspecified atom stereocenters. The maximum Gasteiger partial charge on any atom is 0.348 e. The molecule has 0 fully saturated rings. The summed E-state index contributed by atoms with van der Waals surface area (Å²) >= 11 is 1.10. The van der Waals surface area contributed by atoms with Crippen molar-refractivity contribution in [1.82, 2.24) is 9.55 Å². The molecular formula is C19H14N2O5S. The van der Waals surface area contributed by atoms with Gasteiger partial charge < -0.3 is 9.15 Å². The number of rotatable bonds is 4. The molecule has 4 aromatic rings. The van der Waals surface area contributed by atoms with Crippen molar-refractivity contribution in [2.45, 2.75) is 13.5 Å². The molecule has 0 aliphatic heterocycles. The molecule has 1 aromatic carbocycles. The van der Waals surface area contributed by atoms with Gasteiger partial charge in [0.25, 0.3) is 5.56 Å². The largest absolute Gasteiger partial charge is 0.465 e. The fraction of sp³-hybridized carbons (Fsp3) is 0.158. The van der Waals surface area contributed by atoms with Crippen LogP contribution < -0.4 is 5.56 Å². The Labute approximate surface area is 156 Å². The highest BCUT2D eigenvalue weighted by Gasteiger charge is 2.21. The summed E-state index contributed by atoms with van der Waals surface area (Å²) in [5.74, 6) is -0.671. The van der Waals surface area contributed by atoms with Gasteiger partial charge in [0.15, 0.2) is 5.76 Å². The SMILES string of the molecule is COC(=O)c1sc2ncn(CC(=O)c3cc4ccccc4o3)c(=O)c2c1C. The second kappa shape index (κ2) is 6.48. The topological polar surface area (TPSA) is 91.4 Å². The van der Waals surface area contributed by atoms with E-state index in [1.165, 1.54) is 18.0 Å². The van der Waals surface area contributed by atoms with Crippen LogP contribution in [-0.2, 0) is 11.3 Å². The molecule has 8 heteroatoms. The van der Waals surface area contributed by atoms with E-state index in [1.54, 1.807) is 19.1 Å². The van der Waals surface area contributed by atoms with Gasteiger partial charge in [-0.2, -0.15) is 0 Å². The number of fused-ring (bicyclic) bond motifs is 2. The average Bonchev–Trinajstić information content (AvgIpc) is 3.25. The normalized spacial score (nSPS) is 11.2. The van der Waals surface area contributed by atoms with Crippen LogP contribution in [-0.4, -0.2) is 28.4 Å². The second-order valence-corrected chi connectivity index (χ2v) is 6.98. The van der Waals surface area contributed by atoms with Gasteiger partial charge in [0.2, 0.25) is 5.78 Å². The van der Waals surface area contributed by atoms with Crippen molar-refractivity contribution in [3.05, 3.63) is 63.2 Å². The summed E-state index contributed by atoms with van der Waals surface area (Å²) in [6.07, 6.45) is 1.31. The van der Waals surface area contributed by atoms with E-state index < -0.39 is 5.97 Å². The van der Waals surface area contributed by atoms with Gasteiger partial charge in [0, 0.05) is 5.39 Å². The average molecular weight is 382 g/mol. The van der Waals surface area contributed by atoms with E-state index in [4.69, 9.17) is 9.15 Å². The summed E-state index contributed by atoms with van der Waals surface area (Å²) in [7, 11) is 1.28. The summed E-state index contributed by atoms with van der Waals surface area (Å²) < 4.78 is 11.5. The third-order valence-electron chi connectivity index (χ3n) is 4.30. The molecule has 4 rings (SSSR count). The number of hydrogen-bond acceptors (Lipinski definition) is 7. The molecule has 0 saturated carbocycles. The van der Waals surface area contributed by atoms with E-state index in [0.717, 1.165) is 16.7 Å². The number of para-hydroxylation sites is 1. The Kier molecular flexibility index (Phi) is 4.12. The minimum Gasteiger partial charge on any atom is -0.465 e. The Morgan fingerprint density at radius 2 is 2.07 bits per heavy atom. The molecule has 136 valence electrons. The lowest BCUT2D eigenvalue weighted by Gasteiger charge is -2.03. The molecule has 0 atom stereocenters. The van der Waals surface area contributed by atoms with Gasteiger partial charge >= 0.3 is 5.97 Å². The highest BCUT2D eigenvalue weighted by molar-refractivity contribution is 7.20. The summed E-state index contributed by atoms with van der Waals surface area (Å²) in [6, 6.07) is 8.95. The summed E-state index contributed by atoms with van der Waals surface area (Å²) in [6.45, 7) is 1.46. The highest BCUT2D eigenvalue weighted by atomic mass is 32.1. The Balaban J connectivity index is 1.72. The number of thiophene rings is 1. The molecule has 0 aliphatic carbocycles. The molecule has 27 heavy (non-hydrogen) atoms. The van der Waals surface area contributed by atoms with Crippen molar-refractivity contribution in [3.63, 3.8) is 0 Å². The molecule has 0 amide bonds. The molecule has 0 N–H and O–H groups in total. The van der Waals surface area contributed by atoms with E-state index in [-0.39, 0.29) is 23.6 Å². The van der Waals surface area contributed by atoms with Gasteiger partial charge in [-0.15, -0.1) is 11.3 Å². The van der Waals surface area contributed by atoms with Gasteiger partial charge in [-0.05, 0) is 24.6 Å². The monoisotopic (exact) mass is 382 g/mol. The first kappa shape index (κ1) is 17.2. The summed E-state index contributed by atoms with van der Waals surface area (Å²) in [5, 5.41) is 1.14. The van der Waals surface area contributed by atoms with Crippen LogP contribution in [0.1, 0.15) is 25.8 Å². The lowest BCUT2D eigenvalue weighted by molar-refractivity contribution is 0.0605. The number of aromatic nitrogens is 2. The number of nitrogens with zero attached hydrogens (tertiary/aromatic N) is 2. The molecule has 0 saturated heterocycles. The number of esters is 1. The first-order valence-electron chi connectivity index (χ1n) is 8.08. The molecular weight excluding hydrogens is 368 g/mol. The van der Waals surface area contributed by atoms with Gasteiger partial charge in [0.05, 0.1) is 25.4 Å². The van der Waals surface area contributed by atoms with Crippen molar-refractivity contribution in [2.24, 2.45) is 0 Å². The van der Waals surface area contributed by atoms with Crippen molar-refractivity contribution in [2.75, 3.05) is 7.11 Å². The van der Waals surface area contributed by atoms with Crippen LogP contribution in [0.5, 0.6) is 0 Å². The van der Waals surface area contributed by atoms with E-state index in [9.17, 15) is 14.4 Å². The molecule has 0 spiro atoms. The quantitative estimate of drug-likeness (QED) is 0.398. The van der Waals surface area contributed by atoms with Crippen molar-refractivity contribution in [1.29, 1.82) is 0 Å². The van der Waals surface area contributed by atoms with Crippen LogP contribution in [0, 0.1) is 6.92 Å². The number of benzene rings is 1. The Morgan fingerprint density at radius 3 is 2.81 bits per heavy atom. The van der Waals surface area contributed by atoms with Crippen LogP contribution in [0.2, 0.25) is 0 Å². The molecule has 0 aliphatic rings. The van der Waals surface area contributed by atoms with Crippen LogP contribution in [0.15, 0.2) is 45.9 Å². The van der Waals surface area contributed by atoms with Crippen molar-refractivity contribution < 1.29 is 18.7 Å². The van der Waals surface area contributed by atoms with Crippen LogP contribution >= 0.6 is 11.3 Å². The minimum atomic E-state index is -0.514. The van der Waals surface area contributed by atoms with E-state index in [0.29, 0.717) is 26.2 Å². The Bertz CT molecular complexity index is 1230. The van der Waals surface area contributed by atoms with Crippen molar-refractivity contribution in [3.8, 4) is 0 Å². The molecule has 0 radical (unpaired) electrons. The molecule has 3 heterocycles. The van der Waals surface area contributed by atoms with Crippen LogP contribution in [0.4, 0.5) is 0 Å².